The number of rotatable bonds is 7. The van der Waals surface area contributed by atoms with Gasteiger partial charge in [-0.3, -0.25) is 4.79 Å². The van der Waals surface area contributed by atoms with Crippen LogP contribution in [0.2, 0.25) is 0 Å². The zero-order valence-corrected chi connectivity index (χ0v) is 14.1. The van der Waals surface area contributed by atoms with E-state index in [9.17, 15) is 4.79 Å². The molecule has 0 saturated carbocycles. The predicted octanol–water partition coefficient (Wildman–Crippen LogP) is 3.71. The van der Waals surface area contributed by atoms with Crippen molar-refractivity contribution in [3.8, 4) is 0 Å². The van der Waals surface area contributed by atoms with Crippen molar-refractivity contribution < 1.29 is 4.79 Å². The van der Waals surface area contributed by atoms with Crippen LogP contribution in [0.1, 0.15) is 30.0 Å². The molecule has 2 rings (SSSR count). The molecule has 114 valence electrons. The van der Waals surface area contributed by atoms with Crippen LogP contribution >= 0.6 is 22.7 Å². The third-order valence-electron chi connectivity index (χ3n) is 3.21. The lowest BCUT2D eigenvalue weighted by atomic mass is 10.0. The van der Waals surface area contributed by atoms with Crippen LogP contribution < -0.4 is 5.73 Å². The van der Waals surface area contributed by atoms with Crippen molar-refractivity contribution in [1.29, 1.82) is 0 Å². The molecule has 0 aromatic carbocycles. The van der Waals surface area contributed by atoms with Gasteiger partial charge in [0.1, 0.15) is 0 Å². The fourth-order valence-corrected chi connectivity index (χ4v) is 3.68. The van der Waals surface area contributed by atoms with Gasteiger partial charge in [-0.2, -0.15) is 0 Å². The molecule has 1 atom stereocenters. The molecule has 5 heteroatoms. The summed E-state index contributed by atoms with van der Waals surface area (Å²) in [6.07, 6.45) is 0.726. The summed E-state index contributed by atoms with van der Waals surface area (Å²) >= 11 is 3.35. The number of hydrogen-bond donors (Lipinski definition) is 1. The van der Waals surface area contributed by atoms with Gasteiger partial charge in [-0.05, 0) is 35.2 Å². The zero-order chi connectivity index (χ0) is 15.2. The van der Waals surface area contributed by atoms with E-state index in [0.717, 1.165) is 6.42 Å². The first-order valence-corrected chi connectivity index (χ1v) is 8.91. The van der Waals surface area contributed by atoms with E-state index >= 15 is 0 Å². The molecule has 0 aliphatic rings. The number of thiophene rings is 2. The van der Waals surface area contributed by atoms with Gasteiger partial charge in [0.05, 0.1) is 19.1 Å². The largest absolute Gasteiger partial charge is 0.331 e. The van der Waals surface area contributed by atoms with Crippen molar-refractivity contribution in [3.05, 3.63) is 44.8 Å². The predicted molar refractivity (Wildman–Crippen MR) is 90.3 cm³/mol. The second-order valence-corrected chi connectivity index (χ2v) is 7.65. The first-order chi connectivity index (χ1) is 10.1. The lowest BCUT2D eigenvalue weighted by molar-refractivity contribution is -0.134. The summed E-state index contributed by atoms with van der Waals surface area (Å²) in [5, 5.41) is 4.08. The molecule has 0 radical (unpaired) electrons. The number of hydrogen-bond acceptors (Lipinski definition) is 4. The van der Waals surface area contributed by atoms with Gasteiger partial charge < -0.3 is 10.6 Å². The highest BCUT2D eigenvalue weighted by Gasteiger charge is 2.22. The Balaban J connectivity index is 2.08. The van der Waals surface area contributed by atoms with Crippen LogP contribution in [0.4, 0.5) is 0 Å². The maximum absolute atomic E-state index is 12.6. The first kappa shape index (κ1) is 16.2. The van der Waals surface area contributed by atoms with Crippen molar-refractivity contribution in [2.45, 2.75) is 39.4 Å². The van der Waals surface area contributed by atoms with Crippen LogP contribution in [-0.2, 0) is 17.9 Å². The molecule has 1 amide bonds. The topological polar surface area (TPSA) is 46.3 Å². The van der Waals surface area contributed by atoms with E-state index in [1.54, 1.807) is 22.7 Å². The van der Waals surface area contributed by atoms with Crippen LogP contribution in [0.15, 0.2) is 35.0 Å². The Morgan fingerprint density at radius 3 is 2.05 bits per heavy atom. The number of amides is 1. The Labute approximate surface area is 134 Å². The molecular formula is C16H22N2OS2. The molecule has 0 saturated heterocycles. The number of nitrogens with zero attached hydrogens (tertiary/aromatic N) is 1. The van der Waals surface area contributed by atoms with Gasteiger partial charge in [-0.15, -0.1) is 22.7 Å². The molecule has 2 N–H and O–H groups in total. The number of carbonyl (C=O) groups is 1. The Hall–Kier alpha value is -1.17. The molecular weight excluding hydrogens is 300 g/mol. The molecule has 2 aromatic rings. The van der Waals surface area contributed by atoms with E-state index in [0.29, 0.717) is 19.0 Å². The maximum atomic E-state index is 12.6. The van der Waals surface area contributed by atoms with Gasteiger partial charge in [0.15, 0.2) is 0 Å². The average molecular weight is 322 g/mol. The monoisotopic (exact) mass is 322 g/mol. The van der Waals surface area contributed by atoms with Gasteiger partial charge in [0.2, 0.25) is 5.91 Å². The second-order valence-electron chi connectivity index (χ2n) is 5.59. The van der Waals surface area contributed by atoms with Crippen molar-refractivity contribution in [2.75, 3.05) is 0 Å². The Morgan fingerprint density at radius 1 is 1.14 bits per heavy atom. The molecule has 2 heterocycles. The minimum absolute atomic E-state index is 0.0468. The lowest BCUT2D eigenvalue weighted by Gasteiger charge is -2.25. The average Bonchev–Trinajstić information content (AvgIpc) is 3.09. The van der Waals surface area contributed by atoms with Gasteiger partial charge in [-0.25, -0.2) is 0 Å². The summed E-state index contributed by atoms with van der Waals surface area (Å²) in [5.41, 5.74) is 6.09. The van der Waals surface area contributed by atoms with Crippen LogP contribution in [0.5, 0.6) is 0 Å². The number of nitrogens with two attached hydrogens (primary N) is 1. The van der Waals surface area contributed by atoms with Crippen molar-refractivity contribution >= 4 is 28.6 Å². The Morgan fingerprint density at radius 2 is 1.67 bits per heavy atom. The van der Waals surface area contributed by atoms with Crippen molar-refractivity contribution in [3.63, 3.8) is 0 Å². The normalized spacial score (nSPS) is 12.6. The van der Waals surface area contributed by atoms with E-state index in [1.165, 1.54) is 9.75 Å². The summed E-state index contributed by atoms with van der Waals surface area (Å²) < 4.78 is 0. The van der Waals surface area contributed by atoms with Gasteiger partial charge in [-0.1, -0.05) is 26.0 Å². The number of carbonyl (C=O) groups excluding carboxylic acids is 1. The third kappa shape index (κ3) is 4.95. The van der Waals surface area contributed by atoms with Gasteiger partial charge >= 0.3 is 0 Å². The molecule has 0 fully saturated rings. The molecule has 0 unspecified atom stereocenters. The van der Waals surface area contributed by atoms with Crippen molar-refractivity contribution in [2.24, 2.45) is 11.7 Å². The first-order valence-electron chi connectivity index (χ1n) is 7.15. The highest BCUT2D eigenvalue weighted by Crippen LogP contribution is 2.18. The second kappa shape index (κ2) is 7.73. The van der Waals surface area contributed by atoms with Crippen LogP contribution in [0.3, 0.4) is 0 Å². The summed E-state index contributed by atoms with van der Waals surface area (Å²) in [6.45, 7) is 5.46. The standard InChI is InChI=1S/C16H22N2OS2/c1-12(2)9-15(17)16(19)18(10-13-5-3-7-20-13)11-14-6-4-8-21-14/h3-8,12,15H,9-11,17H2,1-2H3/t15-/m0/s1. The fourth-order valence-electron chi connectivity index (χ4n) is 2.24. The Kier molecular flexibility index (Phi) is 5.96. The highest BCUT2D eigenvalue weighted by molar-refractivity contribution is 7.10. The fraction of sp³-hybridized carbons (Fsp3) is 0.438. The van der Waals surface area contributed by atoms with E-state index in [2.05, 4.69) is 26.0 Å². The van der Waals surface area contributed by atoms with Crippen LogP contribution in [0, 0.1) is 5.92 Å². The SMILES string of the molecule is CC(C)C[C@H](N)C(=O)N(Cc1cccs1)Cc1cccs1. The third-order valence-corrected chi connectivity index (χ3v) is 4.93. The van der Waals surface area contributed by atoms with Gasteiger partial charge in [0, 0.05) is 9.75 Å². The summed E-state index contributed by atoms with van der Waals surface area (Å²) in [7, 11) is 0. The highest BCUT2D eigenvalue weighted by atomic mass is 32.1. The Bertz CT molecular complexity index is 498. The molecule has 0 spiro atoms. The minimum atomic E-state index is -0.412. The van der Waals surface area contributed by atoms with Crippen LogP contribution in [-0.4, -0.2) is 16.8 Å². The van der Waals surface area contributed by atoms with E-state index in [1.807, 2.05) is 27.8 Å². The van der Waals surface area contributed by atoms with E-state index in [-0.39, 0.29) is 5.91 Å². The molecule has 0 aliphatic carbocycles. The zero-order valence-electron chi connectivity index (χ0n) is 12.5. The van der Waals surface area contributed by atoms with Crippen molar-refractivity contribution in [1.82, 2.24) is 4.90 Å². The van der Waals surface area contributed by atoms with Crippen LogP contribution in [0.25, 0.3) is 0 Å². The lowest BCUT2D eigenvalue weighted by Crippen LogP contribution is -2.43. The molecule has 3 nitrogen and oxygen atoms in total. The summed E-state index contributed by atoms with van der Waals surface area (Å²) in [5.74, 6) is 0.472. The quantitative estimate of drug-likeness (QED) is 0.844. The smallest absolute Gasteiger partial charge is 0.240 e. The summed E-state index contributed by atoms with van der Waals surface area (Å²) in [4.78, 5) is 16.9. The minimum Gasteiger partial charge on any atom is -0.331 e. The maximum Gasteiger partial charge on any atom is 0.240 e. The summed E-state index contributed by atoms with van der Waals surface area (Å²) in [6, 6.07) is 7.75. The van der Waals surface area contributed by atoms with Gasteiger partial charge in [0.25, 0.3) is 0 Å². The van der Waals surface area contributed by atoms with E-state index in [4.69, 9.17) is 5.73 Å². The van der Waals surface area contributed by atoms with E-state index < -0.39 is 6.04 Å². The molecule has 21 heavy (non-hydrogen) atoms. The molecule has 0 bridgehead atoms. The molecule has 0 aliphatic heterocycles. The molecule has 2 aromatic heterocycles.